The Morgan fingerprint density at radius 3 is 2.39 bits per heavy atom. The number of rotatable bonds is 5. The number of carbonyl (C=O) groups is 1. The van der Waals surface area contributed by atoms with Gasteiger partial charge in [0.15, 0.2) is 5.69 Å². The van der Waals surface area contributed by atoms with E-state index in [1.807, 2.05) is 43.3 Å². The number of anilines is 1. The van der Waals surface area contributed by atoms with Gasteiger partial charge in [-0.15, -0.1) is 0 Å². The molecule has 0 aliphatic heterocycles. The van der Waals surface area contributed by atoms with Gasteiger partial charge in [0.25, 0.3) is 5.91 Å². The highest BCUT2D eigenvalue weighted by atomic mass is 19.4. The van der Waals surface area contributed by atoms with Gasteiger partial charge in [0.2, 0.25) is 5.43 Å². The molecular formula is C22H21F3N4O2. The molecule has 3 aromatic rings. The van der Waals surface area contributed by atoms with Crippen molar-refractivity contribution in [3.8, 4) is 5.69 Å². The minimum absolute atomic E-state index is 0.0978. The van der Waals surface area contributed by atoms with Crippen LogP contribution in [0.2, 0.25) is 0 Å². The van der Waals surface area contributed by atoms with Gasteiger partial charge >= 0.3 is 6.18 Å². The SMILES string of the molecule is Cc1cc(=O)c(C(=O)NCc2ccc(N(C)C)cc2)nn1-c1cccc(C(F)(F)F)c1. The lowest BCUT2D eigenvalue weighted by Crippen LogP contribution is -2.31. The summed E-state index contributed by atoms with van der Waals surface area (Å²) in [7, 11) is 3.82. The second-order valence-electron chi connectivity index (χ2n) is 7.20. The normalized spacial score (nSPS) is 11.3. The van der Waals surface area contributed by atoms with Crippen molar-refractivity contribution >= 4 is 11.6 Å². The van der Waals surface area contributed by atoms with Crippen molar-refractivity contribution in [1.82, 2.24) is 15.1 Å². The summed E-state index contributed by atoms with van der Waals surface area (Å²) in [5.74, 6) is -0.706. The molecule has 31 heavy (non-hydrogen) atoms. The van der Waals surface area contributed by atoms with Crippen molar-refractivity contribution < 1.29 is 18.0 Å². The van der Waals surface area contributed by atoms with E-state index in [2.05, 4.69) is 10.4 Å². The average Bonchev–Trinajstić information content (AvgIpc) is 2.72. The molecule has 1 aromatic heterocycles. The second kappa shape index (κ2) is 8.63. The first-order chi connectivity index (χ1) is 14.6. The Bertz CT molecular complexity index is 1150. The van der Waals surface area contributed by atoms with Crippen molar-refractivity contribution in [3.63, 3.8) is 0 Å². The van der Waals surface area contributed by atoms with Crippen LogP contribution in [0.15, 0.2) is 59.4 Å². The average molecular weight is 430 g/mol. The number of aromatic nitrogens is 2. The first kappa shape index (κ1) is 22.1. The molecule has 162 valence electrons. The van der Waals surface area contributed by atoms with Crippen LogP contribution in [0.1, 0.15) is 27.3 Å². The summed E-state index contributed by atoms with van der Waals surface area (Å²) in [4.78, 5) is 26.8. The summed E-state index contributed by atoms with van der Waals surface area (Å²) in [6.07, 6.45) is -4.52. The van der Waals surface area contributed by atoms with Crippen LogP contribution in [0.5, 0.6) is 0 Å². The van der Waals surface area contributed by atoms with Gasteiger partial charge in [0.1, 0.15) is 0 Å². The predicted octanol–water partition coefficient (Wildman–Crippen LogP) is 3.56. The summed E-state index contributed by atoms with van der Waals surface area (Å²) in [5.41, 5.74) is 0.371. The van der Waals surface area contributed by atoms with Crippen molar-refractivity contribution in [3.05, 3.63) is 87.3 Å². The van der Waals surface area contributed by atoms with E-state index in [-0.39, 0.29) is 12.2 Å². The van der Waals surface area contributed by atoms with Crippen LogP contribution < -0.4 is 15.6 Å². The van der Waals surface area contributed by atoms with Gasteiger partial charge in [-0.1, -0.05) is 18.2 Å². The fourth-order valence-corrected chi connectivity index (χ4v) is 2.96. The quantitative estimate of drug-likeness (QED) is 0.672. The van der Waals surface area contributed by atoms with Crippen LogP contribution >= 0.6 is 0 Å². The molecule has 0 bridgehead atoms. The van der Waals surface area contributed by atoms with E-state index in [4.69, 9.17) is 0 Å². The maximum atomic E-state index is 13.0. The fraction of sp³-hybridized carbons (Fsp3) is 0.227. The number of hydrogen-bond donors (Lipinski definition) is 1. The minimum Gasteiger partial charge on any atom is -0.378 e. The molecule has 1 heterocycles. The first-order valence-corrected chi connectivity index (χ1v) is 9.39. The molecule has 2 aromatic carbocycles. The maximum Gasteiger partial charge on any atom is 0.416 e. The number of benzene rings is 2. The highest BCUT2D eigenvalue weighted by molar-refractivity contribution is 5.92. The Hall–Kier alpha value is -3.62. The third kappa shape index (κ3) is 5.11. The van der Waals surface area contributed by atoms with Gasteiger partial charge in [0, 0.05) is 38.1 Å². The zero-order valence-corrected chi connectivity index (χ0v) is 17.2. The highest BCUT2D eigenvalue weighted by Crippen LogP contribution is 2.30. The molecule has 0 saturated carbocycles. The summed E-state index contributed by atoms with van der Waals surface area (Å²) in [5, 5.41) is 6.66. The number of nitrogens with one attached hydrogen (secondary N) is 1. The van der Waals surface area contributed by atoms with Crippen LogP contribution in [-0.2, 0) is 12.7 Å². The lowest BCUT2D eigenvalue weighted by Gasteiger charge is -2.14. The summed E-state index contributed by atoms with van der Waals surface area (Å²) >= 11 is 0. The van der Waals surface area contributed by atoms with Crippen LogP contribution in [0.25, 0.3) is 5.69 Å². The minimum atomic E-state index is -4.52. The van der Waals surface area contributed by atoms with E-state index in [1.165, 1.54) is 25.1 Å². The van der Waals surface area contributed by atoms with E-state index >= 15 is 0 Å². The Morgan fingerprint density at radius 1 is 1.10 bits per heavy atom. The topological polar surface area (TPSA) is 67.2 Å². The largest absolute Gasteiger partial charge is 0.416 e. The third-order valence-electron chi connectivity index (χ3n) is 4.65. The Balaban J connectivity index is 1.85. The number of aryl methyl sites for hydroxylation is 1. The second-order valence-corrected chi connectivity index (χ2v) is 7.20. The number of alkyl halides is 3. The molecule has 6 nitrogen and oxygen atoms in total. The van der Waals surface area contributed by atoms with Crippen molar-refractivity contribution in [1.29, 1.82) is 0 Å². The van der Waals surface area contributed by atoms with Crippen LogP contribution in [0.3, 0.4) is 0 Å². The van der Waals surface area contributed by atoms with Crippen LogP contribution in [-0.4, -0.2) is 29.8 Å². The molecule has 0 radical (unpaired) electrons. The standard InChI is InChI=1S/C22H21F3N4O2/c1-14-11-19(30)20(21(31)26-13-15-7-9-17(10-8-15)28(2)3)27-29(14)18-6-4-5-16(12-18)22(23,24)25/h4-12H,13H2,1-3H3,(H,26,31). The summed E-state index contributed by atoms with van der Waals surface area (Å²) < 4.78 is 40.3. The number of carbonyl (C=O) groups excluding carboxylic acids is 1. The van der Waals surface area contributed by atoms with Gasteiger partial charge in [0.05, 0.1) is 11.3 Å². The molecule has 0 saturated heterocycles. The van der Waals surface area contributed by atoms with E-state index in [1.54, 1.807) is 0 Å². The smallest absolute Gasteiger partial charge is 0.378 e. The predicted molar refractivity (Wildman–Crippen MR) is 112 cm³/mol. The molecule has 1 N–H and O–H groups in total. The number of hydrogen-bond acceptors (Lipinski definition) is 4. The molecule has 0 aliphatic carbocycles. The lowest BCUT2D eigenvalue weighted by atomic mass is 10.2. The number of nitrogens with zero attached hydrogens (tertiary/aromatic N) is 3. The van der Waals surface area contributed by atoms with Gasteiger partial charge < -0.3 is 10.2 Å². The van der Waals surface area contributed by atoms with Crippen LogP contribution in [0.4, 0.5) is 18.9 Å². The molecule has 9 heteroatoms. The van der Waals surface area contributed by atoms with Gasteiger partial charge in [-0.25, -0.2) is 4.68 Å². The van der Waals surface area contributed by atoms with Gasteiger partial charge in [-0.05, 0) is 42.8 Å². The van der Waals surface area contributed by atoms with E-state index in [0.29, 0.717) is 5.69 Å². The van der Waals surface area contributed by atoms with E-state index in [9.17, 15) is 22.8 Å². The summed E-state index contributed by atoms with van der Waals surface area (Å²) in [6, 6.07) is 13.2. The van der Waals surface area contributed by atoms with E-state index in [0.717, 1.165) is 28.1 Å². The third-order valence-corrected chi connectivity index (χ3v) is 4.65. The Labute approximate surface area is 176 Å². The first-order valence-electron chi connectivity index (χ1n) is 9.39. The van der Waals surface area contributed by atoms with Crippen LogP contribution in [0, 0.1) is 6.92 Å². The molecule has 0 atom stereocenters. The molecule has 1 amide bonds. The number of amides is 1. The maximum absolute atomic E-state index is 13.0. The van der Waals surface area contributed by atoms with E-state index < -0.39 is 28.8 Å². The molecule has 0 aliphatic rings. The van der Waals surface area contributed by atoms with Crippen molar-refractivity contribution in [2.75, 3.05) is 19.0 Å². The van der Waals surface area contributed by atoms with Crippen molar-refractivity contribution in [2.24, 2.45) is 0 Å². The monoisotopic (exact) mass is 430 g/mol. The Kier molecular flexibility index (Phi) is 6.14. The highest BCUT2D eigenvalue weighted by Gasteiger charge is 2.30. The number of halogens is 3. The zero-order valence-electron chi connectivity index (χ0n) is 17.2. The zero-order chi connectivity index (χ0) is 22.8. The molecule has 0 unspecified atom stereocenters. The molecule has 0 fully saturated rings. The molecule has 0 spiro atoms. The Morgan fingerprint density at radius 2 is 1.77 bits per heavy atom. The molecular weight excluding hydrogens is 409 g/mol. The molecule has 3 rings (SSSR count). The van der Waals surface area contributed by atoms with Gasteiger partial charge in [-0.3, -0.25) is 9.59 Å². The summed E-state index contributed by atoms with van der Waals surface area (Å²) in [6.45, 7) is 1.70. The van der Waals surface area contributed by atoms with Gasteiger partial charge in [-0.2, -0.15) is 18.3 Å². The fourth-order valence-electron chi connectivity index (χ4n) is 2.96. The lowest BCUT2D eigenvalue weighted by molar-refractivity contribution is -0.137. The van der Waals surface area contributed by atoms with Crippen molar-refractivity contribution in [2.45, 2.75) is 19.6 Å².